The van der Waals surface area contributed by atoms with Crippen LogP contribution in [0, 0.1) is 5.92 Å². The summed E-state index contributed by atoms with van der Waals surface area (Å²) in [6, 6.07) is 8.10. The molecule has 2 aromatic rings. The van der Waals surface area contributed by atoms with Crippen LogP contribution in [0.15, 0.2) is 46.0 Å². The largest absolute Gasteiger partial charge is 0.481 e. The number of carbonyl (C=O) groups is 3. The van der Waals surface area contributed by atoms with Crippen molar-refractivity contribution in [3.8, 4) is 0 Å². The molecule has 1 aromatic carbocycles. The van der Waals surface area contributed by atoms with E-state index in [1.807, 2.05) is 0 Å². The number of benzene rings is 1. The molecule has 2 heterocycles. The minimum Gasteiger partial charge on any atom is -0.481 e. The fourth-order valence-electron chi connectivity index (χ4n) is 4.91. The highest BCUT2D eigenvalue weighted by Gasteiger charge is 2.47. The fraction of sp³-hybridized carbons (Fsp3) is 0.458. The molecule has 0 spiro atoms. The first-order valence-electron chi connectivity index (χ1n) is 12.1. The second-order valence-corrected chi connectivity index (χ2v) is 12.7. The summed E-state index contributed by atoms with van der Waals surface area (Å²) in [7, 11) is -4.08. The zero-order valence-electron chi connectivity index (χ0n) is 20.0. The zero-order valence-corrected chi connectivity index (χ0v) is 22.4. The van der Waals surface area contributed by atoms with Crippen molar-refractivity contribution in [2.45, 2.75) is 54.9 Å². The Morgan fingerprint density at radius 1 is 1.08 bits per heavy atom. The van der Waals surface area contributed by atoms with Gasteiger partial charge in [0.1, 0.15) is 4.21 Å². The van der Waals surface area contributed by atoms with E-state index in [-0.39, 0.29) is 29.6 Å². The number of rotatable bonds is 8. The van der Waals surface area contributed by atoms with Crippen molar-refractivity contribution < 1.29 is 27.9 Å². The number of halogens is 1. The highest BCUT2D eigenvalue weighted by Crippen LogP contribution is 2.30. The van der Waals surface area contributed by atoms with E-state index in [1.54, 1.807) is 35.7 Å². The van der Waals surface area contributed by atoms with Gasteiger partial charge in [0, 0.05) is 29.8 Å². The number of nitrogens with one attached hydrogen (secondary N) is 2. The number of thiophene rings is 1. The van der Waals surface area contributed by atoms with E-state index in [0.717, 1.165) is 52.6 Å². The molecule has 1 aromatic heterocycles. The average Bonchev–Trinajstić information content (AvgIpc) is 3.57. The van der Waals surface area contributed by atoms with Gasteiger partial charge in [-0.3, -0.25) is 14.5 Å². The number of sulfonamides is 1. The van der Waals surface area contributed by atoms with E-state index in [0.29, 0.717) is 10.7 Å². The molecule has 3 N–H and O–H groups in total. The van der Waals surface area contributed by atoms with Gasteiger partial charge in [0.25, 0.3) is 15.9 Å². The molecule has 2 aliphatic rings. The predicted molar refractivity (Wildman–Crippen MR) is 140 cm³/mol. The maximum Gasteiger partial charge on any atom is 0.323 e. The lowest BCUT2D eigenvalue weighted by Crippen LogP contribution is -2.57. The van der Waals surface area contributed by atoms with E-state index in [2.05, 4.69) is 10.6 Å². The summed E-state index contributed by atoms with van der Waals surface area (Å²) in [4.78, 5) is 39.7. The number of anilines is 1. The van der Waals surface area contributed by atoms with E-state index < -0.39 is 40.1 Å². The maximum atomic E-state index is 13.7. The number of carboxylic acid groups (broad SMARTS) is 1. The van der Waals surface area contributed by atoms with Crippen molar-refractivity contribution in [3.63, 3.8) is 0 Å². The van der Waals surface area contributed by atoms with Crippen LogP contribution in [0.4, 0.5) is 10.5 Å². The lowest BCUT2D eigenvalue weighted by molar-refractivity contribution is -0.138. The maximum absolute atomic E-state index is 13.7. The second-order valence-electron chi connectivity index (χ2n) is 9.16. The summed E-state index contributed by atoms with van der Waals surface area (Å²) < 4.78 is 27.9. The van der Waals surface area contributed by atoms with Crippen LogP contribution >= 0.6 is 22.9 Å². The monoisotopic (exact) mass is 568 g/mol. The third kappa shape index (κ3) is 6.43. The molecule has 1 aliphatic carbocycles. The summed E-state index contributed by atoms with van der Waals surface area (Å²) in [6.07, 6.45) is 2.74. The number of hydrogen-bond donors (Lipinski definition) is 3. The number of aliphatic carboxylic acids is 1. The van der Waals surface area contributed by atoms with Gasteiger partial charge in [0.15, 0.2) is 6.17 Å². The number of nitrogens with zero attached hydrogens (tertiary/aromatic N) is 2. The van der Waals surface area contributed by atoms with Crippen LogP contribution in [0.2, 0.25) is 5.02 Å². The van der Waals surface area contributed by atoms with Crippen molar-refractivity contribution in [2.24, 2.45) is 5.92 Å². The van der Waals surface area contributed by atoms with Crippen molar-refractivity contribution >= 4 is 56.6 Å². The Kier molecular flexibility index (Phi) is 8.73. The van der Waals surface area contributed by atoms with Crippen LogP contribution < -0.4 is 10.6 Å². The molecule has 2 unspecified atom stereocenters. The molecule has 2 fully saturated rings. The normalized spacial score (nSPS) is 19.9. The Balaban J connectivity index is 1.61. The second kappa shape index (κ2) is 11.8. The zero-order chi connectivity index (χ0) is 26.6. The quantitative estimate of drug-likeness (QED) is 0.443. The fourth-order valence-corrected chi connectivity index (χ4v) is 7.71. The highest BCUT2D eigenvalue weighted by molar-refractivity contribution is 7.91. The molecule has 0 bridgehead atoms. The summed E-state index contributed by atoms with van der Waals surface area (Å²) >= 11 is 6.93. The Morgan fingerprint density at radius 3 is 2.41 bits per heavy atom. The number of urea groups is 1. The topological polar surface area (TPSA) is 136 Å². The Labute approximate surface area is 224 Å². The standard InChI is InChI=1S/C24H29ClN4O6S2/c25-17-8-10-18(11-9-17)26-24(33)28-12-13-29(37(34,35)21-7-4-14-36-21)23(28)22(32)27-19(15-20(30)31)16-5-2-1-3-6-16/h4,7-11,14,16,19,23H,1-3,5-6,12-13,15H2,(H,26,33)(H,27,32)(H,30,31). The van der Waals surface area contributed by atoms with Gasteiger partial charge in [-0.25, -0.2) is 13.2 Å². The molecule has 1 saturated carbocycles. The first-order chi connectivity index (χ1) is 17.7. The van der Waals surface area contributed by atoms with Crippen LogP contribution in [0.5, 0.6) is 0 Å². The van der Waals surface area contributed by atoms with E-state index in [9.17, 15) is 27.9 Å². The van der Waals surface area contributed by atoms with Crippen LogP contribution in [0.1, 0.15) is 38.5 Å². The van der Waals surface area contributed by atoms with Crippen LogP contribution in [0.3, 0.4) is 0 Å². The molecule has 13 heteroatoms. The van der Waals surface area contributed by atoms with Gasteiger partial charge in [-0.05, 0) is 54.5 Å². The average molecular weight is 569 g/mol. The summed E-state index contributed by atoms with van der Waals surface area (Å²) in [5, 5.41) is 17.1. The summed E-state index contributed by atoms with van der Waals surface area (Å²) in [6.45, 7) is -0.103. The Bertz CT molecular complexity index is 1220. The molecule has 3 amide bonds. The SMILES string of the molecule is O=C(O)CC(NC(=O)C1N(C(=O)Nc2ccc(Cl)cc2)CCN1S(=O)(=O)c1cccs1)C1CCCCC1. The molecule has 200 valence electrons. The minimum atomic E-state index is -4.08. The molecule has 4 rings (SSSR count). The third-order valence-electron chi connectivity index (χ3n) is 6.72. The lowest BCUT2D eigenvalue weighted by Gasteiger charge is -2.33. The highest BCUT2D eigenvalue weighted by atomic mass is 35.5. The number of carboxylic acids is 1. The number of carbonyl (C=O) groups excluding carboxylic acids is 2. The van der Waals surface area contributed by atoms with Crippen LogP contribution in [-0.4, -0.2) is 65.9 Å². The van der Waals surface area contributed by atoms with E-state index in [1.165, 1.54) is 6.07 Å². The van der Waals surface area contributed by atoms with Crippen molar-refractivity contribution in [1.29, 1.82) is 0 Å². The Morgan fingerprint density at radius 2 is 1.78 bits per heavy atom. The van der Waals surface area contributed by atoms with Crippen LogP contribution in [-0.2, 0) is 19.6 Å². The van der Waals surface area contributed by atoms with Crippen molar-refractivity contribution in [2.75, 3.05) is 18.4 Å². The van der Waals surface area contributed by atoms with Gasteiger partial charge in [-0.2, -0.15) is 4.31 Å². The van der Waals surface area contributed by atoms with Gasteiger partial charge in [0.05, 0.1) is 6.42 Å². The predicted octanol–water partition coefficient (Wildman–Crippen LogP) is 3.81. The molecule has 0 radical (unpaired) electrons. The Hall–Kier alpha value is -2.67. The minimum absolute atomic E-state index is 0.0187. The molecular weight excluding hydrogens is 540 g/mol. The van der Waals surface area contributed by atoms with Gasteiger partial charge in [-0.1, -0.05) is 36.9 Å². The number of hydrogen-bond acceptors (Lipinski definition) is 6. The molecule has 1 saturated heterocycles. The lowest BCUT2D eigenvalue weighted by atomic mass is 9.82. The smallest absolute Gasteiger partial charge is 0.323 e. The van der Waals surface area contributed by atoms with Gasteiger partial charge < -0.3 is 15.7 Å². The van der Waals surface area contributed by atoms with Gasteiger partial charge in [0.2, 0.25) is 0 Å². The van der Waals surface area contributed by atoms with Gasteiger partial charge >= 0.3 is 12.0 Å². The van der Waals surface area contributed by atoms with E-state index in [4.69, 9.17) is 11.6 Å². The first kappa shape index (κ1) is 27.4. The van der Waals surface area contributed by atoms with Crippen molar-refractivity contribution in [3.05, 3.63) is 46.8 Å². The molecule has 10 nitrogen and oxygen atoms in total. The van der Waals surface area contributed by atoms with Gasteiger partial charge in [-0.15, -0.1) is 11.3 Å². The van der Waals surface area contributed by atoms with E-state index >= 15 is 0 Å². The molecular formula is C24H29ClN4O6S2. The molecule has 37 heavy (non-hydrogen) atoms. The summed E-state index contributed by atoms with van der Waals surface area (Å²) in [5.74, 6) is -1.81. The summed E-state index contributed by atoms with van der Waals surface area (Å²) in [5.41, 5.74) is 0.430. The molecule has 2 atom stereocenters. The van der Waals surface area contributed by atoms with Crippen LogP contribution in [0.25, 0.3) is 0 Å². The first-order valence-corrected chi connectivity index (χ1v) is 14.8. The molecule has 1 aliphatic heterocycles. The van der Waals surface area contributed by atoms with Crippen molar-refractivity contribution in [1.82, 2.24) is 14.5 Å². The number of amides is 3. The third-order valence-corrected chi connectivity index (χ3v) is 10.2.